The summed E-state index contributed by atoms with van der Waals surface area (Å²) in [5, 5.41) is 2.98. The summed E-state index contributed by atoms with van der Waals surface area (Å²) in [7, 11) is 0. The highest BCUT2D eigenvalue weighted by atomic mass is 35.5. The fourth-order valence-corrected chi connectivity index (χ4v) is 2.38. The molecule has 28 heavy (non-hydrogen) atoms. The largest absolute Gasteiger partial charge is 0.489 e. The van der Waals surface area contributed by atoms with E-state index in [-0.39, 0.29) is 0 Å². The van der Waals surface area contributed by atoms with Crippen LogP contribution in [-0.4, -0.2) is 23.5 Å². The second kappa shape index (κ2) is 9.53. The van der Waals surface area contributed by atoms with E-state index in [1.54, 1.807) is 36.4 Å². The number of ether oxygens (including phenoxy) is 2. The van der Waals surface area contributed by atoms with Crippen LogP contribution in [0.2, 0.25) is 5.02 Å². The molecule has 2 aromatic carbocycles. The van der Waals surface area contributed by atoms with Gasteiger partial charge >= 0.3 is 5.97 Å². The molecule has 3 rings (SSSR count). The molecule has 0 aliphatic rings. The average Bonchev–Trinajstić information content (AvgIpc) is 2.73. The van der Waals surface area contributed by atoms with E-state index < -0.39 is 18.5 Å². The summed E-state index contributed by atoms with van der Waals surface area (Å²) in [4.78, 5) is 27.8. The Labute approximate surface area is 167 Å². The number of hydrogen-bond acceptors (Lipinski definition) is 5. The van der Waals surface area contributed by atoms with Crippen LogP contribution in [0, 0.1) is 0 Å². The Bertz CT molecular complexity index is 929. The van der Waals surface area contributed by atoms with Crippen molar-refractivity contribution in [3.63, 3.8) is 0 Å². The number of amides is 1. The maximum atomic E-state index is 12.1. The lowest BCUT2D eigenvalue weighted by molar-refractivity contribution is -0.119. The Kier molecular flexibility index (Phi) is 6.59. The predicted molar refractivity (Wildman–Crippen MR) is 105 cm³/mol. The number of esters is 1. The topological polar surface area (TPSA) is 77.5 Å². The van der Waals surface area contributed by atoms with E-state index in [4.69, 9.17) is 21.1 Å². The van der Waals surface area contributed by atoms with Gasteiger partial charge in [-0.05, 0) is 42.0 Å². The summed E-state index contributed by atoms with van der Waals surface area (Å²) in [5.41, 5.74) is 1.26. The fraction of sp³-hybridized carbons (Fsp3) is 0.0952. The normalized spacial score (nSPS) is 10.2. The smallest absolute Gasteiger partial charge is 0.338 e. The Hall–Kier alpha value is -3.38. The zero-order chi connectivity index (χ0) is 19.8. The van der Waals surface area contributed by atoms with E-state index in [9.17, 15) is 9.59 Å². The minimum absolute atomic E-state index is 0.327. The van der Waals surface area contributed by atoms with Gasteiger partial charge in [0.2, 0.25) is 0 Å². The molecule has 1 N–H and O–H groups in total. The zero-order valence-corrected chi connectivity index (χ0v) is 15.6. The molecule has 0 spiro atoms. The SMILES string of the molecule is O=C(COC(=O)c1ccc(COc2ccccc2)cc1)Nc1ccc(Cl)cn1. The van der Waals surface area contributed by atoms with Crippen LogP contribution in [0.15, 0.2) is 72.9 Å². The van der Waals surface area contributed by atoms with Crippen LogP contribution >= 0.6 is 11.6 Å². The molecule has 0 bridgehead atoms. The molecule has 0 saturated carbocycles. The minimum Gasteiger partial charge on any atom is -0.489 e. The van der Waals surface area contributed by atoms with Gasteiger partial charge in [-0.25, -0.2) is 9.78 Å². The molecule has 0 saturated heterocycles. The number of para-hydroxylation sites is 1. The third-order valence-electron chi connectivity index (χ3n) is 3.67. The van der Waals surface area contributed by atoms with E-state index >= 15 is 0 Å². The van der Waals surface area contributed by atoms with Gasteiger partial charge in [-0.3, -0.25) is 4.79 Å². The second-order valence-corrected chi connectivity index (χ2v) is 6.22. The number of anilines is 1. The van der Waals surface area contributed by atoms with Crippen molar-refractivity contribution in [1.82, 2.24) is 4.98 Å². The van der Waals surface area contributed by atoms with Crippen molar-refractivity contribution in [3.05, 3.63) is 89.1 Å². The summed E-state index contributed by atoms with van der Waals surface area (Å²) in [6.07, 6.45) is 1.41. The van der Waals surface area contributed by atoms with Gasteiger partial charge in [0.15, 0.2) is 6.61 Å². The number of nitrogens with zero attached hydrogens (tertiary/aromatic N) is 1. The van der Waals surface area contributed by atoms with E-state index in [1.165, 1.54) is 6.20 Å². The van der Waals surface area contributed by atoms with Crippen molar-refractivity contribution < 1.29 is 19.1 Å². The van der Waals surface area contributed by atoms with Gasteiger partial charge in [0, 0.05) is 6.20 Å². The molecule has 0 aliphatic carbocycles. The molecule has 142 valence electrons. The van der Waals surface area contributed by atoms with Gasteiger partial charge in [0.05, 0.1) is 10.6 Å². The molecule has 6 nitrogen and oxygen atoms in total. The number of rotatable bonds is 7. The van der Waals surface area contributed by atoms with Crippen molar-refractivity contribution in [3.8, 4) is 5.75 Å². The lowest BCUT2D eigenvalue weighted by Gasteiger charge is -2.08. The average molecular weight is 397 g/mol. The van der Waals surface area contributed by atoms with Crippen LogP contribution in [0.25, 0.3) is 0 Å². The minimum atomic E-state index is -0.588. The first kappa shape index (κ1) is 19.4. The number of benzene rings is 2. The van der Waals surface area contributed by atoms with Gasteiger partial charge in [0.1, 0.15) is 18.2 Å². The van der Waals surface area contributed by atoms with Crippen molar-refractivity contribution >= 4 is 29.3 Å². The molecule has 1 aromatic heterocycles. The molecule has 3 aromatic rings. The van der Waals surface area contributed by atoms with Crippen LogP contribution in [-0.2, 0) is 16.1 Å². The summed E-state index contributed by atoms with van der Waals surface area (Å²) in [6.45, 7) is -0.0299. The Morgan fingerprint density at radius 2 is 1.71 bits per heavy atom. The highest BCUT2D eigenvalue weighted by Crippen LogP contribution is 2.13. The molecule has 1 heterocycles. The first-order chi connectivity index (χ1) is 13.6. The molecular formula is C21H17ClN2O4. The quantitative estimate of drug-likeness (QED) is 0.608. The lowest BCUT2D eigenvalue weighted by atomic mass is 10.1. The summed E-state index contributed by atoms with van der Waals surface area (Å²) < 4.78 is 10.7. The number of halogens is 1. The van der Waals surface area contributed by atoms with E-state index in [0.717, 1.165) is 11.3 Å². The Balaban J connectivity index is 1.46. The number of carbonyl (C=O) groups is 2. The van der Waals surface area contributed by atoms with Gasteiger partial charge < -0.3 is 14.8 Å². The van der Waals surface area contributed by atoms with Crippen LogP contribution in [0.4, 0.5) is 5.82 Å². The summed E-state index contributed by atoms with van der Waals surface area (Å²) in [5.74, 6) is 0.0196. The van der Waals surface area contributed by atoms with E-state index in [2.05, 4.69) is 10.3 Å². The van der Waals surface area contributed by atoms with Crippen LogP contribution in [0.5, 0.6) is 5.75 Å². The molecule has 1 amide bonds. The molecule has 0 atom stereocenters. The zero-order valence-electron chi connectivity index (χ0n) is 14.8. The van der Waals surface area contributed by atoms with Crippen molar-refractivity contribution in [2.24, 2.45) is 0 Å². The predicted octanol–water partition coefficient (Wildman–Crippen LogP) is 4.11. The standard InChI is InChI=1S/C21H17ClN2O4/c22-17-10-11-19(23-12-17)24-20(25)14-28-21(26)16-8-6-15(7-9-16)13-27-18-4-2-1-3-5-18/h1-12H,13-14H2,(H,23,24,25). The molecule has 7 heteroatoms. The monoisotopic (exact) mass is 396 g/mol. The number of hydrogen-bond donors (Lipinski definition) is 1. The Morgan fingerprint density at radius 1 is 0.964 bits per heavy atom. The number of carbonyl (C=O) groups excluding carboxylic acids is 2. The van der Waals surface area contributed by atoms with Gasteiger partial charge in [-0.1, -0.05) is 41.9 Å². The molecule has 0 unspecified atom stereocenters. The molecule has 0 fully saturated rings. The maximum Gasteiger partial charge on any atom is 0.338 e. The van der Waals surface area contributed by atoms with Crippen LogP contribution in [0.1, 0.15) is 15.9 Å². The van der Waals surface area contributed by atoms with Gasteiger partial charge in [0.25, 0.3) is 5.91 Å². The second-order valence-electron chi connectivity index (χ2n) is 5.78. The first-order valence-electron chi connectivity index (χ1n) is 8.45. The fourth-order valence-electron chi connectivity index (χ4n) is 2.26. The van der Waals surface area contributed by atoms with Crippen molar-refractivity contribution in [1.29, 1.82) is 0 Å². The molecule has 0 aliphatic heterocycles. The molecular weight excluding hydrogens is 380 g/mol. The molecule has 0 radical (unpaired) electrons. The van der Waals surface area contributed by atoms with E-state index in [0.29, 0.717) is 23.0 Å². The van der Waals surface area contributed by atoms with Gasteiger partial charge in [-0.2, -0.15) is 0 Å². The van der Waals surface area contributed by atoms with E-state index in [1.807, 2.05) is 30.3 Å². The number of aromatic nitrogens is 1. The third kappa shape index (κ3) is 5.82. The summed E-state index contributed by atoms with van der Waals surface area (Å²) >= 11 is 5.73. The summed E-state index contributed by atoms with van der Waals surface area (Å²) in [6, 6.07) is 19.4. The highest BCUT2D eigenvalue weighted by molar-refractivity contribution is 6.30. The Morgan fingerprint density at radius 3 is 2.39 bits per heavy atom. The van der Waals surface area contributed by atoms with Gasteiger partial charge in [-0.15, -0.1) is 0 Å². The van der Waals surface area contributed by atoms with Crippen LogP contribution < -0.4 is 10.1 Å². The highest BCUT2D eigenvalue weighted by Gasteiger charge is 2.11. The third-order valence-corrected chi connectivity index (χ3v) is 3.89. The maximum absolute atomic E-state index is 12.1. The number of nitrogens with one attached hydrogen (secondary N) is 1. The number of pyridine rings is 1. The van der Waals surface area contributed by atoms with Crippen molar-refractivity contribution in [2.45, 2.75) is 6.61 Å². The van der Waals surface area contributed by atoms with Crippen LogP contribution in [0.3, 0.4) is 0 Å². The lowest BCUT2D eigenvalue weighted by Crippen LogP contribution is -2.21. The van der Waals surface area contributed by atoms with Crippen molar-refractivity contribution in [2.75, 3.05) is 11.9 Å². The first-order valence-corrected chi connectivity index (χ1v) is 8.83.